The number of benzene rings is 1. The van der Waals surface area contributed by atoms with E-state index in [4.69, 9.17) is 4.74 Å². The van der Waals surface area contributed by atoms with Crippen LogP contribution in [0.1, 0.15) is 57.8 Å². The highest BCUT2D eigenvalue weighted by molar-refractivity contribution is 5.38. The van der Waals surface area contributed by atoms with Crippen LogP contribution in [0.25, 0.3) is 0 Å². The van der Waals surface area contributed by atoms with Gasteiger partial charge in [-0.15, -0.1) is 0 Å². The van der Waals surface area contributed by atoms with Crippen LogP contribution in [0, 0.1) is 5.92 Å². The molecule has 1 aromatic carbocycles. The minimum atomic E-state index is -0.432. The average Bonchev–Trinajstić information content (AvgIpc) is 2.89. The lowest BCUT2D eigenvalue weighted by Crippen LogP contribution is -2.33. The fourth-order valence-electron chi connectivity index (χ4n) is 3.30. The first kappa shape index (κ1) is 16.3. The van der Waals surface area contributed by atoms with Crippen molar-refractivity contribution in [3.8, 4) is 5.75 Å². The van der Waals surface area contributed by atoms with Crippen LogP contribution in [0.3, 0.4) is 0 Å². The van der Waals surface area contributed by atoms with Gasteiger partial charge < -0.3 is 9.84 Å². The summed E-state index contributed by atoms with van der Waals surface area (Å²) >= 11 is 0. The maximum atomic E-state index is 9.82. The number of aliphatic hydroxyl groups excluding tert-OH is 1. The van der Waals surface area contributed by atoms with E-state index in [9.17, 15) is 5.11 Å². The smallest absolute Gasteiger partial charge is 0.123 e. The Hall–Kier alpha value is -1.06. The predicted molar refractivity (Wildman–Crippen MR) is 86.5 cm³/mol. The van der Waals surface area contributed by atoms with E-state index in [2.05, 4.69) is 24.8 Å². The van der Waals surface area contributed by atoms with Gasteiger partial charge in [0.15, 0.2) is 0 Å². The molecule has 1 saturated heterocycles. The Balaban J connectivity index is 2.21. The lowest BCUT2D eigenvalue weighted by molar-refractivity contribution is 0.192. The van der Waals surface area contributed by atoms with Gasteiger partial charge in [0, 0.05) is 18.2 Å². The van der Waals surface area contributed by atoms with Crippen molar-refractivity contribution < 1.29 is 9.84 Å². The molecule has 21 heavy (non-hydrogen) atoms. The summed E-state index contributed by atoms with van der Waals surface area (Å²) in [5.74, 6) is 1.64. The molecule has 1 fully saturated rings. The van der Waals surface area contributed by atoms with Gasteiger partial charge in [-0.3, -0.25) is 4.90 Å². The van der Waals surface area contributed by atoms with Crippen molar-refractivity contribution in [2.45, 2.75) is 59.2 Å². The standard InChI is InChI=1S/C18H29NO2/c1-5-21-18-9-8-15(14(4)20)11-16(18)12-19-10-6-7-17(19)13(2)3/h8-9,11,13-14,17,20H,5-7,10,12H2,1-4H3. The minimum absolute atomic E-state index is 0.432. The number of hydrogen-bond donors (Lipinski definition) is 1. The Morgan fingerprint density at radius 2 is 2.10 bits per heavy atom. The number of aliphatic hydroxyl groups is 1. The molecule has 0 aromatic heterocycles. The highest BCUT2D eigenvalue weighted by atomic mass is 16.5. The molecule has 0 bridgehead atoms. The Labute approximate surface area is 128 Å². The molecule has 3 nitrogen and oxygen atoms in total. The van der Waals surface area contributed by atoms with Crippen molar-refractivity contribution in [3.05, 3.63) is 29.3 Å². The zero-order valence-corrected chi connectivity index (χ0v) is 13.8. The van der Waals surface area contributed by atoms with Crippen LogP contribution < -0.4 is 4.74 Å². The summed E-state index contributed by atoms with van der Waals surface area (Å²) in [5.41, 5.74) is 2.16. The van der Waals surface area contributed by atoms with Gasteiger partial charge in [-0.2, -0.15) is 0 Å². The molecule has 0 amide bonds. The average molecular weight is 291 g/mol. The number of nitrogens with zero attached hydrogens (tertiary/aromatic N) is 1. The van der Waals surface area contributed by atoms with Crippen molar-refractivity contribution in [1.29, 1.82) is 0 Å². The maximum absolute atomic E-state index is 9.82. The third-order valence-corrected chi connectivity index (χ3v) is 4.42. The molecule has 0 aliphatic carbocycles. The first-order valence-corrected chi connectivity index (χ1v) is 8.20. The molecule has 1 aromatic rings. The lowest BCUT2D eigenvalue weighted by Gasteiger charge is -2.28. The molecule has 2 unspecified atom stereocenters. The van der Waals surface area contributed by atoms with Crippen LogP contribution in [0.4, 0.5) is 0 Å². The minimum Gasteiger partial charge on any atom is -0.494 e. The highest BCUT2D eigenvalue weighted by Gasteiger charge is 2.27. The van der Waals surface area contributed by atoms with E-state index < -0.39 is 6.10 Å². The van der Waals surface area contributed by atoms with E-state index in [1.54, 1.807) is 0 Å². The Kier molecular flexibility index (Phi) is 5.65. The zero-order chi connectivity index (χ0) is 15.4. The van der Waals surface area contributed by atoms with Crippen molar-refractivity contribution >= 4 is 0 Å². The van der Waals surface area contributed by atoms with Crippen LogP contribution in [0.2, 0.25) is 0 Å². The first-order valence-electron chi connectivity index (χ1n) is 8.20. The second-order valence-corrected chi connectivity index (χ2v) is 6.40. The van der Waals surface area contributed by atoms with Gasteiger partial charge in [0.1, 0.15) is 5.75 Å². The van der Waals surface area contributed by atoms with E-state index in [0.29, 0.717) is 18.6 Å². The van der Waals surface area contributed by atoms with Crippen molar-refractivity contribution in [1.82, 2.24) is 4.90 Å². The summed E-state index contributed by atoms with van der Waals surface area (Å²) in [6.07, 6.45) is 2.14. The fourth-order valence-corrected chi connectivity index (χ4v) is 3.30. The molecule has 1 heterocycles. The number of ether oxygens (including phenoxy) is 1. The molecule has 2 rings (SSSR count). The van der Waals surface area contributed by atoms with Gasteiger partial charge in [-0.25, -0.2) is 0 Å². The molecule has 1 aliphatic heterocycles. The van der Waals surface area contributed by atoms with Crippen molar-refractivity contribution in [2.24, 2.45) is 5.92 Å². The summed E-state index contributed by atoms with van der Waals surface area (Å²) < 4.78 is 5.77. The van der Waals surface area contributed by atoms with Gasteiger partial charge in [-0.1, -0.05) is 19.9 Å². The van der Waals surface area contributed by atoms with E-state index in [0.717, 1.165) is 24.4 Å². The van der Waals surface area contributed by atoms with Crippen LogP contribution in [-0.2, 0) is 6.54 Å². The Morgan fingerprint density at radius 1 is 1.33 bits per heavy atom. The van der Waals surface area contributed by atoms with E-state index in [-0.39, 0.29) is 0 Å². The molecule has 3 heteroatoms. The molecule has 0 spiro atoms. The molecule has 0 saturated carbocycles. The molecular weight excluding hydrogens is 262 g/mol. The number of hydrogen-bond acceptors (Lipinski definition) is 3. The summed E-state index contributed by atoms with van der Waals surface area (Å²) in [7, 11) is 0. The second kappa shape index (κ2) is 7.28. The lowest BCUT2D eigenvalue weighted by atomic mass is 10.0. The number of likely N-dealkylation sites (tertiary alicyclic amines) is 1. The predicted octanol–water partition coefficient (Wildman–Crippen LogP) is 3.76. The normalized spacial score (nSPS) is 21.0. The quantitative estimate of drug-likeness (QED) is 0.866. The van der Waals surface area contributed by atoms with Gasteiger partial charge in [0.2, 0.25) is 0 Å². The van der Waals surface area contributed by atoms with Gasteiger partial charge >= 0.3 is 0 Å². The summed E-state index contributed by atoms with van der Waals surface area (Å²) in [6, 6.07) is 6.73. The van der Waals surface area contributed by atoms with Crippen molar-refractivity contribution in [2.75, 3.05) is 13.2 Å². The third-order valence-electron chi connectivity index (χ3n) is 4.42. The van der Waals surface area contributed by atoms with Gasteiger partial charge in [0.25, 0.3) is 0 Å². The van der Waals surface area contributed by atoms with Crippen molar-refractivity contribution in [3.63, 3.8) is 0 Å². The topological polar surface area (TPSA) is 32.7 Å². The van der Waals surface area contributed by atoms with E-state index >= 15 is 0 Å². The Morgan fingerprint density at radius 3 is 2.71 bits per heavy atom. The van der Waals surface area contributed by atoms with Crippen LogP contribution >= 0.6 is 0 Å². The van der Waals surface area contributed by atoms with E-state index in [1.807, 2.05) is 26.0 Å². The maximum Gasteiger partial charge on any atom is 0.123 e. The van der Waals surface area contributed by atoms with Gasteiger partial charge in [0.05, 0.1) is 12.7 Å². The van der Waals surface area contributed by atoms with Crippen LogP contribution in [0.5, 0.6) is 5.75 Å². The SMILES string of the molecule is CCOc1ccc(C(C)O)cc1CN1CCCC1C(C)C. The fraction of sp³-hybridized carbons (Fsp3) is 0.667. The molecule has 0 radical (unpaired) electrons. The van der Waals surface area contributed by atoms with Crippen LogP contribution in [0.15, 0.2) is 18.2 Å². The highest BCUT2D eigenvalue weighted by Crippen LogP contribution is 2.30. The molecule has 1 aliphatic rings. The van der Waals surface area contributed by atoms with Crippen LogP contribution in [-0.4, -0.2) is 29.2 Å². The summed E-state index contributed by atoms with van der Waals surface area (Å²) in [6.45, 7) is 11.2. The third kappa shape index (κ3) is 3.98. The molecule has 2 atom stereocenters. The number of rotatable bonds is 6. The second-order valence-electron chi connectivity index (χ2n) is 6.40. The first-order chi connectivity index (χ1) is 10.0. The monoisotopic (exact) mass is 291 g/mol. The zero-order valence-electron chi connectivity index (χ0n) is 13.8. The molecular formula is C18H29NO2. The largest absolute Gasteiger partial charge is 0.494 e. The Bertz CT molecular complexity index is 457. The molecule has 1 N–H and O–H groups in total. The summed E-state index contributed by atoms with van der Waals surface area (Å²) in [5, 5.41) is 9.82. The summed E-state index contributed by atoms with van der Waals surface area (Å²) in [4.78, 5) is 2.56. The molecule has 118 valence electrons. The van der Waals surface area contributed by atoms with E-state index in [1.165, 1.54) is 18.4 Å². The van der Waals surface area contributed by atoms with Gasteiger partial charge in [-0.05, 0) is 56.8 Å².